The highest BCUT2D eigenvalue weighted by Gasteiger charge is 2.52. The van der Waals surface area contributed by atoms with Crippen LogP contribution in [-0.4, -0.2) is 74.8 Å². The lowest BCUT2D eigenvalue weighted by molar-refractivity contribution is -0.234. The maximum atomic E-state index is 11.8. The first-order valence-corrected chi connectivity index (χ1v) is 13.2. The summed E-state index contributed by atoms with van der Waals surface area (Å²) in [5, 5.41) is 0. The third-order valence-corrected chi connectivity index (χ3v) is 6.07. The number of carbonyl (C=O) groups is 3. The lowest BCUT2D eigenvalue weighted by Gasteiger charge is -2.44. The molecule has 0 spiro atoms. The number of ether oxygens (including phenoxy) is 4. The van der Waals surface area contributed by atoms with Crippen LogP contribution in [0, 0.1) is 0 Å². The molecular weight excluding hydrogens is 488 g/mol. The molecule has 1 aliphatic heterocycles. The standard InChI is InChI=1S/C22H28O10S2/c1-14(23)29-19-18(13-28-34(4,26)27)32-22(21(31-16(3)25)20(19)30-15(2)24)33-12-8-11-17-9-6-5-7-10-17/h5-11,18-22H,12-13H2,1-4H3/t18-,19-,20+,21+,22-/m1/s1. The van der Waals surface area contributed by atoms with Gasteiger partial charge in [0.1, 0.15) is 11.5 Å². The minimum atomic E-state index is -3.85. The molecule has 1 aromatic rings. The fourth-order valence-corrected chi connectivity index (χ4v) is 4.61. The Bertz CT molecular complexity index is 977. The molecular formula is C22H28O10S2. The Kier molecular flexibility index (Phi) is 10.5. The highest BCUT2D eigenvalue weighted by atomic mass is 32.2. The van der Waals surface area contributed by atoms with Crippen molar-refractivity contribution in [3.63, 3.8) is 0 Å². The van der Waals surface area contributed by atoms with Gasteiger partial charge in [-0.3, -0.25) is 18.6 Å². The maximum Gasteiger partial charge on any atom is 0.303 e. The fraction of sp³-hybridized carbons (Fsp3) is 0.500. The lowest BCUT2D eigenvalue weighted by Crippen LogP contribution is -2.61. The number of benzene rings is 1. The molecule has 0 radical (unpaired) electrons. The Morgan fingerprint density at radius 3 is 2.06 bits per heavy atom. The van der Waals surface area contributed by atoms with Crippen molar-refractivity contribution in [1.82, 2.24) is 0 Å². The average molecular weight is 517 g/mol. The molecule has 2 rings (SSSR count). The van der Waals surface area contributed by atoms with Crippen molar-refractivity contribution in [2.24, 2.45) is 0 Å². The number of thioether (sulfide) groups is 1. The summed E-state index contributed by atoms with van der Waals surface area (Å²) in [5.74, 6) is -1.68. The van der Waals surface area contributed by atoms with E-state index in [0.717, 1.165) is 25.7 Å². The number of carbonyl (C=O) groups excluding carboxylic acids is 3. The van der Waals surface area contributed by atoms with E-state index in [1.165, 1.54) is 18.7 Å². The Balaban J connectivity index is 2.31. The van der Waals surface area contributed by atoms with Crippen molar-refractivity contribution in [2.75, 3.05) is 18.6 Å². The maximum absolute atomic E-state index is 11.8. The van der Waals surface area contributed by atoms with E-state index in [0.29, 0.717) is 5.75 Å². The van der Waals surface area contributed by atoms with E-state index in [9.17, 15) is 22.8 Å². The molecule has 5 atom stereocenters. The van der Waals surface area contributed by atoms with Crippen LogP contribution >= 0.6 is 11.8 Å². The number of hydrogen-bond donors (Lipinski definition) is 0. The smallest absolute Gasteiger partial charge is 0.303 e. The van der Waals surface area contributed by atoms with E-state index >= 15 is 0 Å². The zero-order chi connectivity index (χ0) is 25.3. The Morgan fingerprint density at radius 2 is 1.50 bits per heavy atom. The molecule has 0 aliphatic carbocycles. The first-order valence-electron chi connectivity index (χ1n) is 10.3. The molecule has 0 saturated carbocycles. The summed E-state index contributed by atoms with van der Waals surface area (Å²) in [5.41, 5.74) is 0.102. The van der Waals surface area contributed by atoms with E-state index in [-0.39, 0.29) is 0 Å². The molecule has 1 fully saturated rings. The molecule has 12 heteroatoms. The molecule has 0 aromatic heterocycles. The van der Waals surface area contributed by atoms with Crippen molar-refractivity contribution >= 4 is 45.9 Å². The summed E-state index contributed by atoms with van der Waals surface area (Å²) < 4.78 is 50.0. The molecule has 188 valence electrons. The molecule has 0 amide bonds. The van der Waals surface area contributed by atoms with Gasteiger partial charge in [-0.2, -0.15) is 8.42 Å². The Hall–Kier alpha value is -2.41. The van der Waals surface area contributed by atoms with Crippen LogP contribution in [0.5, 0.6) is 0 Å². The molecule has 0 N–H and O–H groups in total. The van der Waals surface area contributed by atoms with Crippen LogP contribution in [0.4, 0.5) is 0 Å². The summed E-state index contributed by atoms with van der Waals surface area (Å²) in [7, 11) is -3.85. The van der Waals surface area contributed by atoms with Gasteiger partial charge < -0.3 is 18.9 Å². The topological polar surface area (TPSA) is 132 Å². The summed E-state index contributed by atoms with van der Waals surface area (Å²) in [6.45, 7) is 2.97. The van der Waals surface area contributed by atoms with E-state index in [1.807, 2.05) is 42.5 Å². The summed E-state index contributed by atoms with van der Waals surface area (Å²) >= 11 is 1.23. The van der Waals surface area contributed by atoms with Crippen LogP contribution in [0.2, 0.25) is 0 Å². The molecule has 1 heterocycles. The van der Waals surface area contributed by atoms with Crippen LogP contribution < -0.4 is 0 Å². The highest BCUT2D eigenvalue weighted by Crippen LogP contribution is 2.34. The van der Waals surface area contributed by atoms with E-state index < -0.39 is 64.5 Å². The minimum absolute atomic E-state index is 0.419. The van der Waals surface area contributed by atoms with E-state index in [4.69, 9.17) is 23.1 Å². The Morgan fingerprint density at radius 1 is 0.941 bits per heavy atom. The second-order valence-corrected chi connectivity index (χ2v) is 10.2. The van der Waals surface area contributed by atoms with Gasteiger partial charge in [0.2, 0.25) is 0 Å². The van der Waals surface area contributed by atoms with Gasteiger partial charge in [-0.05, 0) is 5.56 Å². The van der Waals surface area contributed by atoms with Gasteiger partial charge in [0.05, 0.1) is 12.9 Å². The number of rotatable bonds is 10. The van der Waals surface area contributed by atoms with Crippen molar-refractivity contribution in [3.05, 3.63) is 42.0 Å². The van der Waals surface area contributed by atoms with Gasteiger partial charge in [-0.1, -0.05) is 42.5 Å². The normalized spacial score (nSPS) is 25.0. The molecule has 1 saturated heterocycles. The minimum Gasteiger partial charge on any atom is -0.456 e. The summed E-state index contributed by atoms with van der Waals surface area (Å²) in [6.07, 6.45) is -0.142. The zero-order valence-corrected chi connectivity index (χ0v) is 20.9. The second-order valence-electron chi connectivity index (χ2n) is 7.40. The van der Waals surface area contributed by atoms with Gasteiger partial charge >= 0.3 is 17.9 Å². The fourth-order valence-electron chi connectivity index (χ4n) is 3.21. The quantitative estimate of drug-likeness (QED) is 0.257. The van der Waals surface area contributed by atoms with Crippen LogP contribution in [0.25, 0.3) is 6.08 Å². The van der Waals surface area contributed by atoms with Gasteiger partial charge in [0, 0.05) is 26.5 Å². The van der Waals surface area contributed by atoms with Gasteiger partial charge in [0.15, 0.2) is 18.3 Å². The predicted molar refractivity (Wildman–Crippen MR) is 124 cm³/mol. The highest BCUT2D eigenvalue weighted by molar-refractivity contribution is 7.99. The molecule has 0 bridgehead atoms. The van der Waals surface area contributed by atoms with Gasteiger partial charge in [0.25, 0.3) is 10.1 Å². The predicted octanol–water partition coefficient (Wildman–Crippen LogP) is 1.93. The molecule has 0 unspecified atom stereocenters. The second kappa shape index (κ2) is 12.9. The first kappa shape index (κ1) is 27.8. The van der Waals surface area contributed by atoms with E-state index in [2.05, 4.69) is 0 Å². The van der Waals surface area contributed by atoms with Crippen molar-refractivity contribution < 1.29 is 45.9 Å². The summed E-state index contributed by atoms with van der Waals surface area (Å²) in [4.78, 5) is 35.4. The third kappa shape index (κ3) is 9.45. The lowest BCUT2D eigenvalue weighted by atomic mass is 9.99. The summed E-state index contributed by atoms with van der Waals surface area (Å²) in [6, 6.07) is 9.56. The zero-order valence-electron chi connectivity index (χ0n) is 19.2. The van der Waals surface area contributed by atoms with E-state index in [1.54, 1.807) is 0 Å². The van der Waals surface area contributed by atoms with Crippen molar-refractivity contribution in [3.8, 4) is 0 Å². The Labute approximate surface area is 203 Å². The number of hydrogen-bond acceptors (Lipinski definition) is 11. The average Bonchev–Trinajstić information content (AvgIpc) is 2.73. The van der Waals surface area contributed by atoms with Crippen molar-refractivity contribution in [1.29, 1.82) is 0 Å². The third-order valence-electron chi connectivity index (χ3n) is 4.41. The number of esters is 3. The molecule has 10 nitrogen and oxygen atoms in total. The largest absolute Gasteiger partial charge is 0.456 e. The van der Waals surface area contributed by atoms with Crippen LogP contribution in [0.15, 0.2) is 36.4 Å². The van der Waals surface area contributed by atoms with Gasteiger partial charge in [-0.25, -0.2) is 0 Å². The van der Waals surface area contributed by atoms with Crippen molar-refractivity contribution in [2.45, 2.75) is 50.6 Å². The van der Waals surface area contributed by atoms with Crippen LogP contribution in [0.3, 0.4) is 0 Å². The molecule has 1 aliphatic rings. The molecule has 34 heavy (non-hydrogen) atoms. The van der Waals surface area contributed by atoms with Crippen LogP contribution in [0.1, 0.15) is 26.3 Å². The van der Waals surface area contributed by atoms with Gasteiger partial charge in [-0.15, -0.1) is 11.8 Å². The molecule has 1 aromatic carbocycles. The monoisotopic (exact) mass is 516 g/mol. The first-order chi connectivity index (χ1) is 16.0. The SMILES string of the molecule is CC(=O)O[C@@H]1[C@H](OC(C)=O)[C@@H](SCC=Cc2ccccc2)O[C@H](COS(C)(=O)=O)[C@H]1OC(C)=O. The van der Waals surface area contributed by atoms with Crippen LogP contribution in [-0.2, 0) is 47.6 Å².